The number of alkyl halides is 2. The van der Waals surface area contributed by atoms with Gasteiger partial charge in [-0.2, -0.15) is 5.10 Å². The van der Waals surface area contributed by atoms with Gasteiger partial charge in [0.25, 0.3) is 11.8 Å². The number of piperidine rings is 1. The Hall–Kier alpha value is -3.43. The minimum absolute atomic E-state index is 0.0618. The Kier molecular flexibility index (Phi) is 7.03. The maximum atomic E-state index is 13.6. The highest BCUT2D eigenvalue weighted by Gasteiger charge is 2.37. The molecule has 2 aromatic heterocycles. The van der Waals surface area contributed by atoms with E-state index >= 15 is 0 Å². The van der Waals surface area contributed by atoms with Gasteiger partial charge in [0.05, 0.1) is 18.4 Å². The number of rotatable bonds is 6. The summed E-state index contributed by atoms with van der Waals surface area (Å²) in [7, 11) is 0. The molecule has 1 fully saturated rings. The minimum atomic E-state index is -2.53. The van der Waals surface area contributed by atoms with Crippen LogP contribution in [-0.4, -0.2) is 50.6 Å². The van der Waals surface area contributed by atoms with Crippen molar-refractivity contribution >= 4 is 22.4 Å². The molecule has 6 nitrogen and oxygen atoms in total. The molecule has 39 heavy (non-hydrogen) atoms. The van der Waals surface area contributed by atoms with Gasteiger partial charge < -0.3 is 0 Å². The number of anilines is 1. The van der Waals surface area contributed by atoms with E-state index in [0.717, 1.165) is 46.5 Å². The highest BCUT2D eigenvalue weighted by atomic mass is 32.1. The Balaban J connectivity index is 1.08. The van der Waals surface area contributed by atoms with E-state index in [1.165, 1.54) is 16.9 Å². The predicted octanol–water partition coefficient (Wildman–Crippen LogP) is 6.20. The summed E-state index contributed by atoms with van der Waals surface area (Å²) < 4.78 is 29.0. The third-order valence-corrected chi connectivity index (χ3v) is 8.77. The molecular formula is C30H31F2N5OS. The maximum Gasteiger partial charge on any atom is 0.257 e. The van der Waals surface area contributed by atoms with Gasteiger partial charge in [-0.15, -0.1) is 11.3 Å². The Morgan fingerprint density at radius 1 is 1.13 bits per heavy atom. The van der Waals surface area contributed by atoms with E-state index in [0.29, 0.717) is 30.3 Å². The first kappa shape index (κ1) is 25.8. The monoisotopic (exact) mass is 547 g/mol. The van der Waals surface area contributed by atoms with E-state index < -0.39 is 5.92 Å². The summed E-state index contributed by atoms with van der Waals surface area (Å²) in [6.45, 7) is 3.51. The molecule has 1 saturated heterocycles. The number of nitrogens with one attached hydrogen (secondary N) is 1. The van der Waals surface area contributed by atoms with Gasteiger partial charge in [0.2, 0.25) is 0 Å². The van der Waals surface area contributed by atoms with Crippen LogP contribution in [0.4, 0.5) is 13.9 Å². The number of thiazole rings is 1. The summed E-state index contributed by atoms with van der Waals surface area (Å²) in [5.41, 5.74) is 5.96. The van der Waals surface area contributed by atoms with Crippen LogP contribution < -0.4 is 5.32 Å². The summed E-state index contributed by atoms with van der Waals surface area (Å²) >= 11 is 1.50. The molecule has 1 unspecified atom stereocenters. The lowest BCUT2D eigenvalue weighted by molar-refractivity contribution is -0.0638. The third kappa shape index (κ3) is 5.94. The van der Waals surface area contributed by atoms with Gasteiger partial charge in [0.15, 0.2) is 5.13 Å². The lowest BCUT2D eigenvalue weighted by Crippen LogP contribution is -2.46. The molecule has 1 aliphatic heterocycles. The van der Waals surface area contributed by atoms with Gasteiger partial charge in [-0.25, -0.2) is 13.8 Å². The Morgan fingerprint density at radius 3 is 2.72 bits per heavy atom. The SMILES string of the molecule is Cc1ccc(-c2cnn(Cc3cccc(C(=O)Nc4nc5c(s4)CC(N4CCC(F)(F)CC4)CC5)c3)c2)cc1. The molecule has 0 bridgehead atoms. The van der Waals surface area contributed by atoms with Crippen LogP contribution in [0.2, 0.25) is 0 Å². The number of carbonyl (C=O) groups is 1. The van der Waals surface area contributed by atoms with Crippen molar-refractivity contribution in [3.05, 3.63) is 88.2 Å². The van der Waals surface area contributed by atoms with Gasteiger partial charge in [-0.1, -0.05) is 42.0 Å². The van der Waals surface area contributed by atoms with Gasteiger partial charge >= 0.3 is 0 Å². The lowest BCUT2D eigenvalue weighted by atomic mass is 9.94. The minimum Gasteiger partial charge on any atom is -0.300 e. The number of halogens is 2. The Bertz CT molecular complexity index is 1470. The highest BCUT2D eigenvalue weighted by Crippen LogP contribution is 2.35. The molecule has 0 radical (unpaired) electrons. The van der Waals surface area contributed by atoms with Gasteiger partial charge in [0.1, 0.15) is 0 Å². The number of fused-ring (bicyclic) bond motifs is 1. The second-order valence-corrected chi connectivity index (χ2v) is 11.7. The number of nitrogens with zero attached hydrogens (tertiary/aromatic N) is 4. The van der Waals surface area contributed by atoms with Crippen LogP contribution in [0, 0.1) is 6.92 Å². The molecule has 1 N–H and O–H groups in total. The van der Waals surface area contributed by atoms with E-state index in [9.17, 15) is 13.6 Å². The van der Waals surface area contributed by atoms with Crippen LogP contribution in [0.1, 0.15) is 51.3 Å². The smallest absolute Gasteiger partial charge is 0.257 e. The zero-order valence-corrected chi connectivity index (χ0v) is 22.7. The van der Waals surface area contributed by atoms with E-state index in [-0.39, 0.29) is 24.8 Å². The molecule has 2 aliphatic rings. The second-order valence-electron chi connectivity index (χ2n) is 10.6. The van der Waals surface area contributed by atoms with Crippen LogP contribution in [0.25, 0.3) is 11.1 Å². The van der Waals surface area contributed by atoms with E-state index in [4.69, 9.17) is 0 Å². The summed E-state index contributed by atoms with van der Waals surface area (Å²) in [5, 5.41) is 8.07. The van der Waals surface area contributed by atoms with Crippen LogP contribution in [0.5, 0.6) is 0 Å². The number of aryl methyl sites for hydroxylation is 2. The molecule has 4 aromatic rings. The van der Waals surface area contributed by atoms with E-state index in [2.05, 4.69) is 51.5 Å². The average Bonchev–Trinajstić information content (AvgIpc) is 3.55. The van der Waals surface area contributed by atoms with Gasteiger partial charge in [-0.3, -0.25) is 19.7 Å². The van der Waals surface area contributed by atoms with Gasteiger partial charge in [0, 0.05) is 54.2 Å². The molecule has 1 aliphatic carbocycles. The van der Waals surface area contributed by atoms with Crippen molar-refractivity contribution in [2.75, 3.05) is 18.4 Å². The first-order valence-corrected chi connectivity index (χ1v) is 14.2. The molecule has 3 heterocycles. The van der Waals surface area contributed by atoms with Crippen molar-refractivity contribution in [1.29, 1.82) is 0 Å². The van der Waals surface area contributed by atoms with Crippen LogP contribution in [0.3, 0.4) is 0 Å². The maximum absolute atomic E-state index is 13.6. The molecule has 202 valence electrons. The normalized spacial score (nSPS) is 19.0. The largest absolute Gasteiger partial charge is 0.300 e. The Labute approximate surface area is 230 Å². The first-order chi connectivity index (χ1) is 18.8. The summed E-state index contributed by atoms with van der Waals surface area (Å²) in [6.07, 6.45) is 6.27. The molecular weight excluding hydrogens is 516 g/mol. The standard InChI is InChI=1S/C30H31F2N5OS/c1-20-5-7-22(8-6-20)24-17-33-37(19-24)18-21-3-2-4-23(15-21)28(38)35-29-34-26-10-9-25(16-27(26)39-29)36-13-11-30(31,32)12-14-36/h2-8,15,17,19,25H,9-14,16,18H2,1H3,(H,34,35,38). The lowest BCUT2D eigenvalue weighted by Gasteiger charge is -2.38. The highest BCUT2D eigenvalue weighted by molar-refractivity contribution is 7.15. The Morgan fingerprint density at radius 2 is 1.92 bits per heavy atom. The molecule has 0 spiro atoms. The average molecular weight is 548 g/mol. The van der Waals surface area contributed by atoms with Crippen molar-refractivity contribution in [1.82, 2.24) is 19.7 Å². The zero-order valence-electron chi connectivity index (χ0n) is 21.9. The predicted molar refractivity (Wildman–Crippen MR) is 150 cm³/mol. The number of aromatic nitrogens is 3. The molecule has 1 atom stereocenters. The second kappa shape index (κ2) is 10.6. The van der Waals surface area contributed by atoms with Crippen molar-refractivity contribution in [3.8, 4) is 11.1 Å². The summed E-state index contributed by atoms with van der Waals surface area (Å²) in [5.74, 6) is -2.73. The van der Waals surface area contributed by atoms with Crippen LogP contribution in [0.15, 0.2) is 60.9 Å². The summed E-state index contributed by atoms with van der Waals surface area (Å²) in [4.78, 5) is 21.1. The molecule has 2 aromatic carbocycles. The number of amides is 1. The van der Waals surface area contributed by atoms with Crippen molar-refractivity contribution in [2.24, 2.45) is 0 Å². The van der Waals surface area contributed by atoms with Crippen molar-refractivity contribution < 1.29 is 13.6 Å². The summed E-state index contributed by atoms with van der Waals surface area (Å²) in [6, 6.07) is 16.2. The first-order valence-electron chi connectivity index (χ1n) is 13.4. The van der Waals surface area contributed by atoms with E-state index in [1.54, 1.807) is 6.07 Å². The quantitative estimate of drug-likeness (QED) is 0.312. The molecule has 1 amide bonds. The molecule has 0 saturated carbocycles. The third-order valence-electron chi connectivity index (χ3n) is 7.73. The fourth-order valence-electron chi connectivity index (χ4n) is 5.45. The number of benzene rings is 2. The number of carbonyl (C=O) groups excluding carboxylic acids is 1. The molecule has 6 rings (SSSR count). The van der Waals surface area contributed by atoms with Crippen molar-refractivity contribution in [2.45, 2.75) is 57.5 Å². The topological polar surface area (TPSA) is 63.1 Å². The van der Waals surface area contributed by atoms with Crippen LogP contribution in [-0.2, 0) is 19.4 Å². The van der Waals surface area contributed by atoms with Crippen molar-refractivity contribution in [3.63, 3.8) is 0 Å². The number of hydrogen-bond acceptors (Lipinski definition) is 5. The van der Waals surface area contributed by atoms with E-state index in [1.807, 2.05) is 35.3 Å². The fourth-order valence-corrected chi connectivity index (χ4v) is 6.53. The zero-order chi connectivity index (χ0) is 27.0. The number of hydrogen-bond donors (Lipinski definition) is 1. The molecule has 9 heteroatoms. The van der Waals surface area contributed by atoms with Crippen LogP contribution >= 0.6 is 11.3 Å². The van der Waals surface area contributed by atoms with Gasteiger partial charge in [-0.05, 0) is 49.4 Å². The number of likely N-dealkylation sites (tertiary alicyclic amines) is 1. The fraction of sp³-hybridized carbons (Fsp3) is 0.367.